The van der Waals surface area contributed by atoms with Gasteiger partial charge in [0, 0.05) is 12.0 Å². The summed E-state index contributed by atoms with van der Waals surface area (Å²) in [5, 5.41) is 8.77. The topological polar surface area (TPSA) is 30.7 Å². The Labute approximate surface area is 102 Å². The third-order valence-electron chi connectivity index (χ3n) is 3.95. The number of nitrogens with zero attached hydrogens (tertiary/aromatic N) is 3. The van der Waals surface area contributed by atoms with E-state index in [9.17, 15) is 0 Å². The molecule has 0 bridgehead atoms. The van der Waals surface area contributed by atoms with Crippen molar-refractivity contribution in [2.75, 3.05) is 0 Å². The van der Waals surface area contributed by atoms with Gasteiger partial charge in [-0.15, -0.1) is 10.2 Å². The fourth-order valence-corrected chi connectivity index (χ4v) is 2.94. The molecule has 3 atom stereocenters. The second-order valence-electron chi connectivity index (χ2n) is 5.33. The predicted molar refractivity (Wildman–Crippen MR) is 65.7 cm³/mol. The molecule has 0 radical (unpaired) electrons. The van der Waals surface area contributed by atoms with Crippen LogP contribution in [0.25, 0.3) is 0 Å². The highest BCUT2D eigenvalue weighted by molar-refractivity contribution is 6.28. The van der Waals surface area contributed by atoms with Crippen LogP contribution < -0.4 is 0 Å². The minimum Gasteiger partial charge on any atom is -0.298 e. The van der Waals surface area contributed by atoms with Gasteiger partial charge in [0.1, 0.15) is 5.82 Å². The van der Waals surface area contributed by atoms with E-state index in [2.05, 4.69) is 42.5 Å². The highest BCUT2D eigenvalue weighted by Gasteiger charge is 2.34. The van der Waals surface area contributed by atoms with Crippen LogP contribution in [-0.2, 0) is 0 Å². The molecule has 2 rings (SSSR count). The summed E-state index contributed by atoms with van der Waals surface area (Å²) in [6.45, 7) is 8.90. The fraction of sp³-hybridized carbons (Fsp3) is 0.833. The van der Waals surface area contributed by atoms with Gasteiger partial charge in [-0.25, -0.2) is 0 Å². The predicted octanol–water partition coefficient (Wildman–Crippen LogP) is 3.66. The first kappa shape index (κ1) is 11.9. The molecule has 16 heavy (non-hydrogen) atoms. The second kappa shape index (κ2) is 4.36. The van der Waals surface area contributed by atoms with E-state index < -0.39 is 0 Å². The summed E-state index contributed by atoms with van der Waals surface area (Å²) in [5.74, 6) is 2.83. The second-order valence-corrected chi connectivity index (χ2v) is 5.67. The Morgan fingerprint density at radius 3 is 2.44 bits per heavy atom. The van der Waals surface area contributed by atoms with Crippen molar-refractivity contribution in [3.63, 3.8) is 0 Å². The fourth-order valence-electron chi connectivity index (χ4n) is 2.69. The van der Waals surface area contributed by atoms with Gasteiger partial charge in [-0.1, -0.05) is 27.7 Å². The number of hydrogen-bond donors (Lipinski definition) is 0. The summed E-state index contributed by atoms with van der Waals surface area (Å²) in [7, 11) is 0. The Balaban J connectivity index is 2.36. The molecule has 1 aliphatic carbocycles. The van der Waals surface area contributed by atoms with Crippen molar-refractivity contribution < 1.29 is 0 Å². The number of halogens is 1. The van der Waals surface area contributed by atoms with Gasteiger partial charge in [-0.05, 0) is 36.3 Å². The zero-order chi connectivity index (χ0) is 11.9. The molecule has 0 aromatic carbocycles. The van der Waals surface area contributed by atoms with Crippen molar-refractivity contribution in [2.45, 2.75) is 52.5 Å². The normalized spacial score (nSPS) is 30.2. The average molecular weight is 242 g/mol. The van der Waals surface area contributed by atoms with E-state index in [1.54, 1.807) is 0 Å². The lowest BCUT2D eigenvalue weighted by Crippen LogP contribution is -2.17. The third kappa shape index (κ3) is 1.86. The molecular weight excluding hydrogens is 222 g/mol. The van der Waals surface area contributed by atoms with Gasteiger partial charge in [-0.3, -0.25) is 4.57 Å². The molecule has 90 valence electrons. The number of rotatable bonds is 2. The molecule has 1 aromatic rings. The number of hydrogen-bond acceptors (Lipinski definition) is 2. The van der Waals surface area contributed by atoms with Gasteiger partial charge in [0.25, 0.3) is 0 Å². The van der Waals surface area contributed by atoms with Crippen LogP contribution in [0.15, 0.2) is 0 Å². The molecule has 1 heterocycles. The maximum Gasteiger partial charge on any atom is 0.225 e. The molecule has 1 fully saturated rings. The quantitative estimate of drug-likeness (QED) is 0.791. The lowest BCUT2D eigenvalue weighted by Gasteiger charge is -2.22. The first-order valence-corrected chi connectivity index (χ1v) is 6.50. The van der Waals surface area contributed by atoms with Crippen molar-refractivity contribution >= 4 is 11.6 Å². The third-order valence-corrected chi connectivity index (χ3v) is 4.21. The van der Waals surface area contributed by atoms with E-state index in [-0.39, 0.29) is 0 Å². The van der Waals surface area contributed by atoms with E-state index >= 15 is 0 Å². The summed E-state index contributed by atoms with van der Waals surface area (Å²) in [6, 6.07) is 0.481. The van der Waals surface area contributed by atoms with E-state index in [0.717, 1.165) is 11.7 Å². The zero-order valence-corrected chi connectivity index (χ0v) is 11.2. The Kier molecular flexibility index (Phi) is 3.24. The minimum absolute atomic E-state index is 0.378. The summed E-state index contributed by atoms with van der Waals surface area (Å²) in [4.78, 5) is 0. The van der Waals surface area contributed by atoms with Crippen LogP contribution >= 0.6 is 11.6 Å². The SMILES string of the molecule is CC(C)c1nnc(Cl)n1C1CCC(C)C1C. The summed E-state index contributed by atoms with van der Waals surface area (Å²) in [6.07, 6.45) is 2.47. The molecule has 0 amide bonds. The molecule has 3 nitrogen and oxygen atoms in total. The van der Waals surface area contributed by atoms with Crippen LogP contribution in [0.2, 0.25) is 5.28 Å². The Morgan fingerprint density at radius 2 is 1.94 bits per heavy atom. The summed E-state index contributed by atoms with van der Waals surface area (Å²) in [5.41, 5.74) is 0. The molecular formula is C12H20ClN3. The highest BCUT2D eigenvalue weighted by atomic mass is 35.5. The maximum atomic E-state index is 6.17. The van der Waals surface area contributed by atoms with Crippen LogP contribution in [0, 0.1) is 11.8 Å². The zero-order valence-electron chi connectivity index (χ0n) is 10.4. The molecule has 0 N–H and O–H groups in total. The van der Waals surface area contributed by atoms with Crippen LogP contribution in [0.3, 0.4) is 0 Å². The summed E-state index contributed by atoms with van der Waals surface area (Å²) < 4.78 is 2.15. The molecule has 3 unspecified atom stereocenters. The van der Waals surface area contributed by atoms with Gasteiger partial charge in [0.15, 0.2) is 0 Å². The Bertz CT molecular complexity index is 372. The Hall–Kier alpha value is -0.570. The first-order chi connectivity index (χ1) is 7.52. The largest absolute Gasteiger partial charge is 0.298 e. The maximum absolute atomic E-state index is 6.17. The van der Waals surface area contributed by atoms with E-state index in [1.165, 1.54) is 12.8 Å². The van der Waals surface area contributed by atoms with Gasteiger partial charge in [-0.2, -0.15) is 0 Å². The van der Waals surface area contributed by atoms with Gasteiger partial charge >= 0.3 is 0 Å². The van der Waals surface area contributed by atoms with Gasteiger partial charge < -0.3 is 0 Å². The highest BCUT2D eigenvalue weighted by Crippen LogP contribution is 2.42. The van der Waals surface area contributed by atoms with Crippen LogP contribution in [0.4, 0.5) is 0 Å². The molecule has 1 aliphatic rings. The number of aromatic nitrogens is 3. The summed E-state index contributed by atoms with van der Waals surface area (Å²) >= 11 is 6.17. The monoisotopic (exact) mass is 241 g/mol. The average Bonchev–Trinajstić information content (AvgIpc) is 2.73. The molecule has 1 aromatic heterocycles. The smallest absolute Gasteiger partial charge is 0.225 e. The van der Waals surface area contributed by atoms with Gasteiger partial charge in [0.2, 0.25) is 5.28 Å². The molecule has 1 saturated carbocycles. The molecule has 0 spiro atoms. The van der Waals surface area contributed by atoms with Gasteiger partial charge in [0.05, 0.1) is 0 Å². The van der Waals surface area contributed by atoms with Crippen molar-refractivity contribution in [3.05, 3.63) is 11.1 Å². The molecule has 0 aliphatic heterocycles. The lowest BCUT2D eigenvalue weighted by molar-refractivity contribution is 0.343. The first-order valence-electron chi connectivity index (χ1n) is 6.12. The van der Waals surface area contributed by atoms with Crippen molar-refractivity contribution in [3.8, 4) is 0 Å². The van der Waals surface area contributed by atoms with E-state index in [0.29, 0.717) is 23.2 Å². The molecule has 0 saturated heterocycles. The molecule has 4 heteroatoms. The van der Waals surface area contributed by atoms with Crippen LogP contribution in [0.1, 0.15) is 58.3 Å². The van der Waals surface area contributed by atoms with Crippen LogP contribution in [-0.4, -0.2) is 14.8 Å². The standard InChI is InChI=1S/C12H20ClN3/c1-7(2)11-14-15-12(13)16(11)10-6-5-8(3)9(10)4/h7-10H,5-6H2,1-4H3. The lowest BCUT2D eigenvalue weighted by atomic mass is 9.97. The minimum atomic E-state index is 0.378. The van der Waals surface area contributed by atoms with E-state index in [1.807, 2.05) is 0 Å². The Morgan fingerprint density at radius 1 is 1.25 bits per heavy atom. The van der Waals surface area contributed by atoms with E-state index in [4.69, 9.17) is 11.6 Å². The van der Waals surface area contributed by atoms with Crippen LogP contribution in [0.5, 0.6) is 0 Å². The van der Waals surface area contributed by atoms with Crippen molar-refractivity contribution in [1.82, 2.24) is 14.8 Å². The van der Waals surface area contributed by atoms with Crippen molar-refractivity contribution in [2.24, 2.45) is 11.8 Å². The van der Waals surface area contributed by atoms with Crippen molar-refractivity contribution in [1.29, 1.82) is 0 Å².